The van der Waals surface area contributed by atoms with E-state index in [1.54, 1.807) is 12.1 Å². The number of nitrogens with two attached hydrogens (primary N) is 1. The van der Waals surface area contributed by atoms with E-state index in [1.807, 2.05) is 17.0 Å². The van der Waals surface area contributed by atoms with Crippen LogP contribution in [0, 0.1) is 0 Å². The fourth-order valence-corrected chi connectivity index (χ4v) is 3.03. The normalized spacial score (nSPS) is 24.0. The summed E-state index contributed by atoms with van der Waals surface area (Å²) in [7, 11) is 0. The van der Waals surface area contributed by atoms with Gasteiger partial charge < -0.3 is 15.4 Å². The number of benzene rings is 1. The fraction of sp³-hybridized carbons (Fsp3) is 0.533. The lowest BCUT2D eigenvalue weighted by atomic mass is 10.1. The van der Waals surface area contributed by atoms with Gasteiger partial charge in [-0.05, 0) is 18.6 Å². The molecule has 0 radical (unpaired) electrons. The van der Waals surface area contributed by atoms with Crippen molar-refractivity contribution < 1.29 is 9.53 Å². The molecule has 5 nitrogen and oxygen atoms in total. The summed E-state index contributed by atoms with van der Waals surface area (Å²) in [5.41, 5.74) is 7.07. The molecule has 0 aliphatic carbocycles. The Morgan fingerprint density at radius 3 is 2.70 bits per heavy atom. The number of ether oxygens (including phenoxy) is 1. The van der Waals surface area contributed by atoms with Gasteiger partial charge in [0.15, 0.2) is 0 Å². The molecule has 108 valence electrons. The molecule has 1 unspecified atom stereocenters. The molecule has 0 aromatic heterocycles. The van der Waals surface area contributed by atoms with Gasteiger partial charge in [-0.3, -0.25) is 9.69 Å². The van der Waals surface area contributed by atoms with Crippen LogP contribution in [0.25, 0.3) is 0 Å². The molecule has 2 fully saturated rings. The summed E-state index contributed by atoms with van der Waals surface area (Å²) in [5.74, 6) is 0.0545. The van der Waals surface area contributed by atoms with Crippen molar-refractivity contribution in [3.05, 3.63) is 29.8 Å². The topological polar surface area (TPSA) is 58.8 Å². The second-order valence-electron chi connectivity index (χ2n) is 5.43. The lowest BCUT2D eigenvalue weighted by molar-refractivity contribution is 0.0185. The van der Waals surface area contributed by atoms with Gasteiger partial charge in [-0.2, -0.15) is 0 Å². The van der Waals surface area contributed by atoms with Crippen molar-refractivity contribution in [2.24, 2.45) is 0 Å². The summed E-state index contributed by atoms with van der Waals surface area (Å²) in [6.07, 6.45) is 1.04. The lowest BCUT2D eigenvalue weighted by Gasteiger charge is -2.32. The highest BCUT2D eigenvalue weighted by atomic mass is 16.5. The maximum atomic E-state index is 12.5. The molecule has 2 N–H and O–H groups in total. The first-order chi connectivity index (χ1) is 9.75. The summed E-state index contributed by atoms with van der Waals surface area (Å²) in [4.78, 5) is 16.9. The van der Waals surface area contributed by atoms with Crippen LogP contribution in [-0.4, -0.2) is 61.1 Å². The number of hydrogen-bond acceptors (Lipinski definition) is 4. The van der Waals surface area contributed by atoms with Crippen LogP contribution in [-0.2, 0) is 4.74 Å². The number of nitrogen functional groups attached to an aromatic ring is 1. The van der Waals surface area contributed by atoms with Gasteiger partial charge in [-0.15, -0.1) is 0 Å². The van der Waals surface area contributed by atoms with Gasteiger partial charge in [0.1, 0.15) is 0 Å². The average molecular weight is 275 g/mol. The quantitative estimate of drug-likeness (QED) is 0.812. The minimum absolute atomic E-state index is 0.0545. The summed E-state index contributed by atoms with van der Waals surface area (Å²) in [6, 6.07) is 7.77. The first kappa shape index (κ1) is 13.4. The van der Waals surface area contributed by atoms with Crippen molar-refractivity contribution in [3.8, 4) is 0 Å². The van der Waals surface area contributed by atoms with Gasteiger partial charge in [-0.25, -0.2) is 0 Å². The maximum Gasteiger partial charge on any atom is 0.255 e. The SMILES string of the molecule is Nc1ccccc1C(=O)N1CCC(N2CCOCC2)C1. The average Bonchev–Trinajstić information content (AvgIpc) is 2.98. The molecule has 20 heavy (non-hydrogen) atoms. The minimum Gasteiger partial charge on any atom is -0.398 e. The number of likely N-dealkylation sites (tertiary alicyclic amines) is 1. The maximum absolute atomic E-state index is 12.5. The van der Waals surface area contributed by atoms with Gasteiger partial charge >= 0.3 is 0 Å². The van der Waals surface area contributed by atoms with E-state index in [0.29, 0.717) is 17.3 Å². The molecule has 5 heteroatoms. The zero-order valence-electron chi connectivity index (χ0n) is 11.6. The molecule has 1 aromatic carbocycles. The third-order valence-electron chi connectivity index (χ3n) is 4.20. The van der Waals surface area contributed by atoms with Crippen LogP contribution >= 0.6 is 0 Å². The Hall–Kier alpha value is -1.59. The van der Waals surface area contributed by atoms with Crippen molar-refractivity contribution >= 4 is 11.6 Å². The highest BCUT2D eigenvalue weighted by Crippen LogP contribution is 2.21. The van der Waals surface area contributed by atoms with Crippen LogP contribution in [0.2, 0.25) is 0 Å². The van der Waals surface area contributed by atoms with Crippen molar-refractivity contribution in [2.75, 3.05) is 45.1 Å². The molecule has 2 aliphatic rings. The van der Waals surface area contributed by atoms with Gasteiger partial charge in [0.2, 0.25) is 0 Å². The van der Waals surface area contributed by atoms with E-state index in [9.17, 15) is 4.79 Å². The van der Waals surface area contributed by atoms with E-state index in [2.05, 4.69) is 4.90 Å². The third kappa shape index (κ3) is 2.64. The van der Waals surface area contributed by atoms with Crippen molar-refractivity contribution in [2.45, 2.75) is 12.5 Å². The third-order valence-corrected chi connectivity index (χ3v) is 4.20. The molecule has 1 atom stereocenters. The number of carbonyl (C=O) groups is 1. The second kappa shape index (κ2) is 5.81. The smallest absolute Gasteiger partial charge is 0.255 e. The second-order valence-corrected chi connectivity index (χ2v) is 5.43. The lowest BCUT2D eigenvalue weighted by Crippen LogP contribution is -2.45. The van der Waals surface area contributed by atoms with Crippen molar-refractivity contribution in [1.29, 1.82) is 0 Å². The zero-order valence-corrected chi connectivity index (χ0v) is 11.6. The first-order valence-corrected chi connectivity index (χ1v) is 7.21. The van der Waals surface area contributed by atoms with Crippen LogP contribution < -0.4 is 5.73 Å². The van der Waals surface area contributed by atoms with Gasteiger partial charge in [0.05, 0.1) is 18.8 Å². The largest absolute Gasteiger partial charge is 0.398 e. The fourth-order valence-electron chi connectivity index (χ4n) is 3.03. The highest BCUT2D eigenvalue weighted by molar-refractivity contribution is 5.99. The van der Waals surface area contributed by atoms with E-state index < -0.39 is 0 Å². The summed E-state index contributed by atoms with van der Waals surface area (Å²) in [6.45, 7) is 5.16. The molecular weight excluding hydrogens is 254 g/mol. The Balaban J connectivity index is 1.65. The van der Waals surface area contributed by atoms with E-state index in [1.165, 1.54) is 0 Å². The number of carbonyl (C=O) groups excluding carboxylic acids is 1. The molecule has 0 bridgehead atoms. The van der Waals surface area contributed by atoms with Crippen LogP contribution in [0.4, 0.5) is 5.69 Å². The Morgan fingerprint density at radius 2 is 1.95 bits per heavy atom. The number of para-hydroxylation sites is 1. The van der Waals surface area contributed by atoms with Gasteiger partial charge in [0, 0.05) is 37.9 Å². The van der Waals surface area contributed by atoms with E-state index in [-0.39, 0.29) is 5.91 Å². The number of morpholine rings is 1. The Kier molecular flexibility index (Phi) is 3.89. The molecule has 1 amide bonds. The summed E-state index contributed by atoms with van der Waals surface area (Å²) >= 11 is 0. The summed E-state index contributed by atoms with van der Waals surface area (Å²) in [5, 5.41) is 0. The van der Waals surface area contributed by atoms with Crippen LogP contribution in [0.5, 0.6) is 0 Å². The number of rotatable bonds is 2. The Labute approximate surface area is 119 Å². The number of nitrogens with zero attached hydrogens (tertiary/aromatic N) is 2. The van der Waals surface area contributed by atoms with Crippen molar-refractivity contribution in [1.82, 2.24) is 9.80 Å². The number of hydrogen-bond donors (Lipinski definition) is 1. The molecule has 3 rings (SSSR count). The van der Waals surface area contributed by atoms with Gasteiger partial charge in [-0.1, -0.05) is 12.1 Å². The van der Waals surface area contributed by atoms with Gasteiger partial charge in [0.25, 0.3) is 5.91 Å². The molecule has 0 saturated carbocycles. The minimum atomic E-state index is 0.0545. The molecule has 1 aromatic rings. The van der Waals surface area contributed by atoms with Crippen LogP contribution in [0.15, 0.2) is 24.3 Å². The van der Waals surface area contributed by atoms with Crippen molar-refractivity contribution in [3.63, 3.8) is 0 Å². The van der Waals surface area contributed by atoms with E-state index in [4.69, 9.17) is 10.5 Å². The standard InChI is InChI=1S/C15H21N3O2/c16-14-4-2-1-3-13(14)15(19)18-6-5-12(11-18)17-7-9-20-10-8-17/h1-4,12H,5-11,16H2. The number of amides is 1. The predicted octanol–water partition coefficient (Wildman–Crippen LogP) is 0.815. The monoisotopic (exact) mass is 275 g/mol. The predicted molar refractivity (Wildman–Crippen MR) is 77.6 cm³/mol. The van der Waals surface area contributed by atoms with Crippen LogP contribution in [0.1, 0.15) is 16.8 Å². The zero-order chi connectivity index (χ0) is 13.9. The first-order valence-electron chi connectivity index (χ1n) is 7.21. The molecular formula is C15H21N3O2. The number of anilines is 1. The molecule has 2 aliphatic heterocycles. The Bertz CT molecular complexity index is 486. The van der Waals surface area contributed by atoms with E-state index in [0.717, 1.165) is 45.8 Å². The summed E-state index contributed by atoms with van der Waals surface area (Å²) < 4.78 is 5.38. The highest BCUT2D eigenvalue weighted by Gasteiger charge is 2.31. The van der Waals surface area contributed by atoms with Crippen LogP contribution in [0.3, 0.4) is 0 Å². The van der Waals surface area contributed by atoms with E-state index >= 15 is 0 Å². The molecule has 2 heterocycles. The molecule has 2 saturated heterocycles. The molecule has 0 spiro atoms. The Morgan fingerprint density at radius 1 is 1.20 bits per heavy atom.